The van der Waals surface area contributed by atoms with E-state index in [1.165, 1.54) is 18.2 Å². The Bertz CT molecular complexity index is 1360. The van der Waals surface area contributed by atoms with E-state index in [1.807, 2.05) is 0 Å². The summed E-state index contributed by atoms with van der Waals surface area (Å²) in [5, 5.41) is 0. The van der Waals surface area contributed by atoms with Gasteiger partial charge in [0, 0.05) is 17.3 Å². The Labute approximate surface area is 202 Å². The minimum absolute atomic E-state index is 0.0216. The predicted molar refractivity (Wildman–Crippen MR) is 120 cm³/mol. The molecule has 1 aliphatic rings. The van der Waals surface area contributed by atoms with Crippen LogP contribution in [0.25, 0.3) is 11.1 Å². The van der Waals surface area contributed by atoms with Gasteiger partial charge in [-0.05, 0) is 72.4 Å². The first kappa shape index (κ1) is 25.1. The average molecular weight is 506 g/mol. The molecular weight excluding hydrogens is 485 g/mol. The number of anilines is 1. The molecule has 11 heteroatoms. The van der Waals surface area contributed by atoms with Crippen molar-refractivity contribution < 1.29 is 41.3 Å². The van der Waals surface area contributed by atoms with Crippen LogP contribution in [0.5, 0.6) is 5.88 Å². The van der Waals surface area contributed by atoms with Crippen LogP contribution in [0.15, 0.2) is 48.7 Å². The summed E-state index contributed by atoms with van der Waals surface area (Å²) in [4.78, 5) is 18.7. The molecule has 0 fully saturated rings. The highest BCUT2D eigenvalue weighted by molar-refractivity contribution is 5.97. The fourth-order valence-electron chi connectivity index (χ4n) is 4.15. The molecule has 0 spiro atoms. The summed E-state index contributed by atoms with van der Waals surface area (Å²) in [6.07, 6.45) is -2.35. The topological polar surface area (TPSA) is 102 Å². The van der Waals surface area contributed by atoms with Crippen molar-refractivity contribution in [3.63, 3.8) is 0 Å². The molecule has 0 amide bonds. The predicted octanol–water partition coefficient (Wildman–Crippen LogP) is 5.08. The lowest BCUT2D eigenvalue weighted by Crippen LogP contribution is -2.17. The minimum atomic E-state index is -4.64. The summed E-state index contributed by atoms with van der Waals surface area (Å²) in [6, 6.07) is 8.36. The molecule has 0 saturated carbocycles. The van der Waals surface area contributed by atoms with Crippen LogP contribution < -0.4 is 21.4 Å². The Morgan fingerprint density at radius 2 is 1.78 bits per heavy atom. The first-order valence-electron chi connectivity index (χ1n) is 10.8. The number of ether oxygens (including phenoxy) is 1. The van der Waals surface area contributed by atoms with Crippen molar-refractivity contribution in [3.8, 4) is 5.88 Å². The molecule has 188 valence electrons. The second kappa shape index (κ2) is 9.94. The number of benzene rings is 2. The minimum Gasteiger partial charge on any atom is -0.439 e. The van der Waals surface area contributed by atoms with Crippen molar-refractivity contribution in [2.24, 2.45) is 5.90 Å². The quantitative estimate of drug-likeness (QED) is 0.276. The first-order valence-corrected chi connectivity index (χ1v) is 10.8. The van der Waals surface area contributed by atoms with E-state index in [-0.39, 0.29) is 34.9 Å². The molecule has 0 radical (unpaired) electrons. The molecule has 1 aliphatic carbocycles. The SMILES string of the molecule is NOC(=O)c1cc(N)cc(C2=C(c3cc(C(F)(F)F)c[nH+]c3OCc3ccc(F)cc3F)CCC2)c1. The van der Waals surface area contributed by atoms with E-state index in [2.05, 4.69) is 9.82 Å². The molecule has 0 saturated heterocycles. The number of carbonyl (C=O) groups is 1. The lowest BCUT2D eigenvalue weighted by molar-refractivity contribution is -0.398. The number of hydrogen-bond acceptors (Lipinski definition) is 5. The third-order valence-corrected chi connectivity index (χ3v) is 5.81. The van der Waals surface area contributed by atoms with E-state index in [0.717, 1.165) is 18.3 Å². The average Bonchev–Trinajstić information content (AvgIpc) is 3.32. The van der Waals surface area contributed by atoms with Gasteiger partial charge in [0.2, 0.25) is 0 Å². The summed E-state index contributed by atoms with van der Waals surface area (Å²) in [5.74, 6) is 2.53. The number of aromatic nitrogens is 1. The number of halogens is 5. The van der Waals surface area contributed by atoms with E-state index in [1.54, 1.807) is 6.07 Å². The number of rotatable bonds is 6. The van der Waals surface area contributed by atoms with E-state index in [0.29, 0.717) is 42.0 Å². The standard InChI is InChI=1S/C25H20F5N3O3/c26-17-5-4-13(22(27)10-17)12-35-23-21(9-16(11-33-23)25(28,29)30)20-3-1-2-19(20)14-6-15(24(34)36-32)8-18(31)7-14/h4-11H,1-3,12,31-32H2/p+1. The molecule has 3 aromatic rings. The molecule has 1 heterocycles. The first-order chi connectivity index (χ1) is 17.1. The number of aromatic amines is 1. The van der Waals surface area contributed by atoms with Crippen molar-refractivity contribution >= 4 is 22.8 Å². The van der Waals surface area contributed by atoms with E-state index < -0.39 is 29.3 Å². The van der Waals surface area contributed by atoms with Gasteiger partial charge in [-0.15, -0.1) is 0 Å². The van der Waals surface area contributed by atoms with Crippen LogP contribution in [0.4, 0.5) is 27.6 Å². The monoisotopic (exact) mass is 506 g/mol. The maximum Gasteiger partial charge on any atom is 0.422 e. The Morgan fingerprint density at radius 1 is 1.03 bits per heavy atom. The molecule has 0 unspecified atom stereocenters. The van der Waals surface area contributed by atoms with Gasteiger partial charge in [0.25, 0.3) is 0 Å². The number of nitrogens with two attached hydrogens (primary N) is 2. The highest BCUT2D eigenvalue weighted by Crippen LogP contribution is 2.43. The van der Waals surface area contributed by atoms with Gasteiger partial charge < -0.3 is 15.3 Å². The van der Waals surface area contributed by atoms with Crippen molar-refractivity contribution in [2.75, 3.05) is 5.73 Å². The third kappa shape index (κ3) is 5.30. The molecule has 5 N–H and O–H groups in total. The maximum atomic E-state index is 14.1. The van der Waals surface area contributed by atoms with Crippen molar-refractivity contribution in [1.29, 1.82) is 0 Å². The summed E-state index contributed by atoms with van der Waals surface area (Å²) in [5.41, 5.74) is 7.22. The molecule has 36 heavy (non-hydrogen) atoms. The van der Waals surface area contributed by atoms with Crippen LogP contribution >= 0.6 is 0 Å². The zero-order valence-corrected chi connectivity index (χ0v) is 18.7. The fourth-order valence-corrected chi connectivity index (χ4v) is 4.15. The number of nitrogen functional groups attached to an aromatic ring is 1. The van der Waals surface area contributed by atoms with Crippen LogP contribution in [-0.2, 0) is 17.6 Å². The largest absolute Gasteiger partial charge is 0.439 e. The van der Waals surface area contributed by atoms with Crippen molar-refractivity contribution in [3.05, 3.63) is 88.1 Å². The van der Waals surface area contributed by atoms with Gasteiger partial charge in [0.1, 0.15) is 23.8 Å². The zero-order valence-electron chi connectivity index (χ0n) is 18.7. The molecule has 0 aliphatic heterocycles. The van der Waals surface area contributed by atoms with Gasteiger partial charge in [-0.2, -0.15) is 24.1 Å². The number of nitrogens with one attached hydrogen (secondary N) is 1. The smallest absolute Gasteiger partial charge is 0.422 e. The second-order valence-corrected chi connectivity index (χ2v) is 8.21. The van der Waals surface area contributed by atoms with Crippen molar-refractivity contribution in [2.45, 2.75) is 32.0 Å². The lowest BCUT2D eigenvalue weighted by Gasteiger charge is -2.13. The summed E-state index contributed by atoms with van der Waals surface area (Å²) < 4.78 is 73.6. The third-order valence-electron chi connectivity index (χ3n) is 5.81. The van der Waals surface area contributed by atoms with Gasteiger partial charge in [-0.1, -0.05) is 0 Å². The van der Waals surface area contributed by atoms with Crippen LogP contribution in [-0.4, -0.2) is 5.97 Å². The molecule has 0 bridgehead atoms. The number of H-pyrrole nitrogens is 1. The van der Waals surface area contributed by atoms with E-state index in [4.69, 9.17) is 16.4 Å². The Morgan fingerprint density at radius 3 is 2.47 bits per heavy atom. The number of hydrogen-bond donors (Lipinski definition) is 2. The van der Waals surface area contributed by atoms with E-state index >= 15 is 0 Å². The van der Waals surface area contributed by atoms with Gasteiger partial charge in [-0.3, -0.25) is 0 Å². The maximum absolute atomic E-state index is 14.1. The second-order valence-electron chi connectivity index (χ2n) is 8.21. The Hall–Kier alpha value is -3.99. The van der Waals surface area contributed by atoms with Gasteiger partial charge >= 0.3 is 18.0 Å². The normalized spacial score (nSPS) is 13.7. The van der Waals surface area contributed by atoms with Crippen LogP contribution in [0.1, 0.15) is 51.9 Å². The van der Waals surface area contributed by atoms with Gasteiger partial charge in [0.05, 0.1) is 11.1 Å². The number of allylic oxidation sites excluding steroid dienone is 2. The van der Waals surface area contributed by atoms with Crippen LogP contribution in [0.3, 0.4) is 0 Å². The van der Waals surface area contributed by atoms with Crippen molar-refractivity contribution in [1.82, 2.24) is 0 Å². The van der Waals surface area contributed by atoms with Crippen LogP contribution in [0.2, 0.25) is 0 Å². The number of pyridine rings is 1. The highest BCUT2D eigenvalue weighted by atomic mass is 19.4. The Balaban J connectivity index is 1.80. The number of carbonyl (C=O) groups excluding carboxylic acids is 1. The number of alkyl halides is 3. The molecule has 1 aromatic heterocycles. The fraction of sp³-hybridized carbons (Fsp3) is 0.200. The molecule has 6 nitrogen and oxygen atoms in total. The highest BCUT2D eigenvalue weighted by Gasteiger charge is 2.36. The Kier molecular flexibility index (Phi) is 6.93. The summed E-state index contributed by atoms with van der Waals surface area (Å²) in [6.45, 7) is -0.353. The summed E-state index contributed by atoms with van der Waals surface area (Å²) >= 11 is 0. The summed E-state index contributed by atoms with van der Waals surface area (Å²) in [7, 11) is 0. The van der Waals surface area contributed by atoms with E-state index in [9.17, 15) is 26.7 Å². The molecule has 4 rings (SSSR count). The zero-order chi connectivity index (χ0) is 26.0. The van der Waals surface area contributed by atoms with Gasteiger partial charge in [0.15, 0.2) is 6.20 Å². The van der Waals surface area contributed by atoms with Crippen LogP contribution in [0, 0.1) is 11.6 Å². The van der Waals surface area contributed by atoms with Gasteiger partial charge in [-0.25, -0.2) is 13.6 Å². The molecule has 0 atom stereocenters. The molecular formula is C25H21F5N3O3+. The molecule has 2 aromatic carbocycles. The lowest BCUT2D eigenvalue weighted by atomic mass is 9.95.